The third-order valence-corrected chi connectivity index (χ3v) is 6.19. The standard InChI is InChI=1S/C21H38O3/c1-13(2)21(9,10)12-14(19(3,4)5)11-15-16(20(6,7)8)18(23)24-17(15)22/h13-16H,11-12H2,1-10H3. The first-order valence-corrected chi connectivity index (χ1v) is 9.33. The zero-order valence-electron chi connectivity index (χ0n) is 17.4. The summed E-state index contributed by atoms with van der Waals surface area (Å²) in [6, 6.07) is 0. The molecule has 0 N–H and O–H groups in total. The summed E-state index contributed by atoms with van der Waals surface area (Å²) in [6.07, 6.45) is 1.77. The molecule has 0 saturated carbocycles. The van der Waals surface area contributed by atoms with Crippen LogP contribution in [0.15, 0.2) is 0 Å². The van der Waals surface area contributed by atoms with Crippen molar-refractivity contribution in [2.75, 3.05) is 0 Å². The molecule has 0 aliphatic carbocycles. The van der Waals surface area contributed by atoms with Crippen LogP contribution in [-0.2, 0) is 14.3 Å². The van der Waals surface area contributed by atoms with Gasteiger partial charge in [0, 0.05) is 0 Å². The second-order valence-corrected chi connectivity index (χ2v) is 10.8. The Labute approximate surface area is 148 Å². The zero-order valence-corrected chi connectivity index (χ0v) is 17.4. The van der Waals surface area contributed by atoms with Gasteiger partial charge in [-0.25, -0.2) is 0 Å². The fourth-order valence-corrected chi connectivity index (χ4v) is 3.65. The Kier molecular flexibility index (Phi) is 6.00. The highest BCUT2D eigenvalue weighted by molar-refractivity contribution is 5.96. The summed E-state index contributed by atoms with van der Waals surface area (Å²) in [5.41, 5.74) is 0.0200. The number of cyclic esters (lactones) is 2. The van der Waals surface area contributed by atoms with Crippen molar-refractivity contribution in [2.24, 2.45) is 39.9 Å². The molecule has 3 atom stereocenters. The number of carbonyl (C=O) groups is 2. The summed E-state index contributed by atoms with van der Waals surface area (Å²) >= 11 is 0. The molecule has 0 aromatic heterocycles. The molecule has 0 aromatic rings. The number of hydrogen-bond acceptors (Lipinski definition) is 3. The first-order chi connectivity index (χ1) is 10.6. The predicted octanol–water partition coefficient (Wildman–Crippen LogP) is 5.47. The van der Waals surface area contributed by atoms with Crippen molar-refractivity contribution in [3.63, 3.8) is 0 Å². The maximum atomic E-state index is 12.4. The second kappa shape index (κ2) is 6.80. The molecule has 1 rings (SSSR count). The summed E-state index contributed by atoms with van der Waals surface area (Å²) in [4.78, 5) is 24.6. The third kappa shape index (κ3) is 4.83. The largest absolute Gasteiger partial charge is 0.393 e. The molecule has 1 fully saturated rings. The molecule has 3 unspecified atom stereocenters. The van der Waals surface area contributed by atoms with E-state index in [4.69, 9.17) is 4.74 Å². The van der Waals surface area contributed by atoms with Crippen LogP contribution in [0.3, 0.4) is 0 Å². The molecule has 1 saturated heterocycles. The van der Waals surface area contributed by atoms with Crippen LogP contribution in [0.4, 0.5) is 0 Å². The van der Waals surface area contributed by atoms with Gasteiger partial charge in [-0.15, -0.1) is 0 Å². The van der Waals surface area contributed by atoms with E-state index in [1.807, 2.05) is 20.8 Å². The van der Waals surface area contributed by atoms with Gasteiger partial charge in [-0.3, -0.25) is 9.59 Å². The van der Waals surface area contributed by atoms with E-state index < -0.39 is 0 Å². The van der Waals surface area contributed by atoms with E-state index in [0.29, 0.717) is 11.8 Å². The maximum absolute atomic E-state index is 12.4. The lowest BCUT2D eigenvalue weighted by atomic mass is 9.63. The van der Waals surface area contributed by atoms with Gasteiger partial charge >= 0.3 is 11.9 Å². The van der Waals surface area contributed by atoms with Crippen molar-refractivity contribution < 1.29 is 14.3 Å². The third-order valence-electron chi connectivity index (χ3n) is 6.19. The van der Waals surface area contributed by atoms with Crippen LogP contribution in [0.1, 0.15) is 82.1 Å². The predicted molar refractivity (Wildman–Crippen MR) is 98.3 cm³/mol. The van der Waals surface area contributed by atoms with Gasteiger partial charge in [0.2, 0.25) is 0 Å². The summed E-state index contributed by atoms with van der Waals surface area (Å²) in [5.74, 6) is -0.382. The summed E-state index contributed by atoms with van der Waals surface area (Å²) in [7, 11) is 0. The molecule has 1 aliphatic rings. The average molecular weight is 339 g/mol. The monoisotopic (exact) mass is 338 g/mol. The Bertz CT molecular complexity index is 474. The number of carbonyl (C=O) groups excluding carboxylic acids is 2. The molecule has 0 bridgehead atoms. The number of rotatable bonds is 5. The molecule has 0 radical (unpaired) electrons. The quantitative estimate of drug-likeness (QED) is 0.493. The highest BCUT2D eigenvalue weighted by Gasteiger charge is 2.51. The lowest BCUT2D eigenvalue weighted by Gasteiger charge is -2.41. The minimum atomic E-state index is -0.340. The molecule has 3 heteroatoms. The molecular weight excluding hydrogens is 300 g/mol. The Morgan fingerprint density at radius 1 is 0.917 bits per heavy atom. The second-order valence-electron chi connectivity index (χ2n) is 10.8. The SMILES string of the molecule is CC(C)C(C)(C)CC(CC1C(=O)OC(=O)C1C(C)(C)C)C(C)(C)C. The van der Waals surface area contributed by atoms with E-state index in [9.17, 15) is 9.59 Å². The van der Waals surface area contributed by atoms with Crippen molar-refractivity contribution in [3.8, 4) is 0 Å². The van der Waals surface area contributed by atoms with Crippen molar-refractivity contribution in [3.05, 3.63) is 0 Å². The Morgan fingerprint density at radius 3 is 1.79 bits per heavy atom. The number of esters is 2. The minimum Gasteiger partial charge on any atom is -0.393 e. The Balaban J connectivity index is 3.10. The molecule has 3 nitrogen and oxygen atoms in total. The van der Waals surface area contributed by atoms with Crippen LogP contribution < -0.4 is 0 Å². The lowest BCUT2D eigenvalue weighted by Crippen LogP contribution is -2.36. The van der Waals surface area contributed by atoms with Gasteiger partial charge in [-0.1, -0.05) is 69.2 Å². The first kappa shape index (κ1) is 21.2. The average Bonchev–Trinajstić information content (AvgIpc) is 2.61. The molecule has 1 heterocycles. The van der Waals surface area contributed by atoms with Crippen molar-refractivity contribution in [1.82, 2.24) is 0 Å². The van der Waals surface area contributed by atoms with Crippen molar-refractivity contribution in [1.29, 1.82) is 0 Å². The topological polar surface area (TPSA) is 43.4 Å². The molecule has 0 spiro atoms. The van der Waals surface area contributed by atoms with Crippen LogP contribution in [0.2, 0.25) is 0 Å². The zero-order chi connectivity index (χ0) is 19.1. The molecule has 0 aromatic carbocycles. The van der Waals surface area contributed by atoms with E-state index >= 15 is 0 Å². The highest BCUT2D eigenvalue weighted by Crippen LogP contribution is 2.47. The lowest BCUT2D eigenvalue weighted by molar-refractivity contribution is -0.154. The Morgan fingerprint density at radius 2 is 1.42 bits per heavy atom. The van der Waals surface area contributed by atoms with Crippen LogP contribution in [0, 0.1) is 39.9 Å². The van der Waals surface area contributed by atoms with E-state index in [0.717, 1.165) is 12.8 Å². The van der Waals surface area contributed by atoms with Crippen LogP contribution in [0.25, 0.3) is 0 Å². The van der Waals surface area contributed by atoms with Gasteiger partial charge in [-0.2, -0.15) is 0 Å². The van der Waals surface area contributed by atoms with Gasteiger partial charge in [0.25, 0.3) is 0 Å². The fraction of sp³-hybridized carbons (Fsp3) is 0.905. The maximum Gasteiger partial charge on any atom is 0.318 e. The summed E-state index contributed by atoms with van der Waals surface area (Å²) in [5, 5.41) is 0. The van der Waals surface area contributed by atoms with Crippen molar-refractivity contribution in [2.45, 2.75) is 82.1 Å². The van der Waals surface area contributed by atoms with Crippen molar-refractivity contribution >= 4 is 11.9 Å². The van der Waals surface area contributed by atoms with Gasteiger partial charge < -0.3 is 4.74 Å². The summed E-state index contributed by atoms with van der Waals surface area (Å²) in [6.45, 7) is 21.9. The van der Waals surface area contributed by atoms with Gasteiger partial charge in [-0.05, 0) is 40.9 Å². The van der Waals surface area contributed by atoms with E-state index in [1.54, 1.807) is 0 Å². The van der Waals surface area contributed by atoms with Crippen LogP contribution in [-0.4, -0.2) is 11.9 Å². The molecule has 0 amide bonds. The molecular formula is C21H38O3. The first-order valence-electron chi connectivity index (χ1n) is 9.33. The minimum absolute atomic E-state index is 0.0838. The summed E-state index contributed by atoms with van der Waals surface area (Å²) < 4.78 is 5.03. The van der Waals surface area contributed by atoms with E-state index in [-0.39, 0.29) is 40.0 Å². The van der Waals surface area contributed by atoms with E-state index in [2.05, 4.69) is 48.5 Å². The van der Waals surface area contributed by atoms with Crippen LogP contribution in [0.5, 0.6) is 0 Å². The molecule has 140 valence electrons. The molecule has 24 heavy (non-hydrogen) atoms. The van der Waals surface area contributed by atoms with Gasteiger partial charge in [0.05, 0.1) is 11.8 Å². The number of hydrogen-bond donors (Lipinski definition) is 0. The van der Waals surface area contributed by atoms with E-state index in [1.165, 1.54) is 0 Å². The highest BCUT2D eigenvalue weighted by atomic mass is 16.6. The van der Waals surface area contributed by atoms with Gasteiger partial charge in [0.1, 0.15) is 0 Å². The molecule has 1 aliphatic heterocycles. The van der Waals surface area contributed by atoms with Gasteiger partial charge in [0.15, 0.2) is 0 Å². The van der Waals surface area contributed by atoms with Crippen LogP contribution >= 0.6 is 0 Å². The Hall–Kier alpha value is -0.860. The smallest absolute Gasteiger partial charge is 0.318 e. The normalized spacial score (nSPS) is 24.5. The fourth-order valence-electron chi connectivity index (χ4n) is 3.65. The number of ether oxygens (including phenoxy) is 1.